The monoisotopic (exact) mass is 207 g/mol. The van der Waals surface area contributed by atoms with E-state index in [4.69, 9.17) is 5.73 Å². The van der Waals surface area contributed by atoms with Crippen molar-refractivity contribution in [3.8, 4) is 0 Å². The number of hydrogen-bond donors (Lipinski definition) is 1. The van der Waals surface area contributed by atoms with Gasteiger partial charge in [0.25, 0.3) is 0 Å². The molecule has 2 N–H and O–H groups in total. The van der Waals surface area contributed by atoms with Crippen molar-refractivity contribution in [2.45, 2.75) is 12.6 Å². The summed E-state index contributed by atoms with van der Waals surface area (Å²) in [6, 6.07) is 1.57. The molecule has 1 rings (SSSR count). The number of nitrogens with two attached hydrogens (primary N) is 1. The van der Waals surface area contributed by atoms with Gasteiger partial charge in [-0.2, -0.15) is 0 Å². The van der Waals surface area contributed by atoms with Crippen LogP contribution in [-0.4, -0.2) is 6.54 Å². The predicted molar refractivity (Wildman–Crippen MR) is 43.8 cm³/mol. The van der Waals surface area contributed by atoms with Crippen LogP contribution in [0.25, 0.3) is 0 Å². The molecule has 0 saturated carbocycles. The van der Waals surface area contributed by atoms with Gasteiger partial charge in [0.05, 0.1) is 0 Å². The minimum Gasteiger partial charge on any atom is -0.330 e. The molecule has 1 aromatic carbocycles. The summed E-state index contributed by atoms with van der Waals surface area (Å²) < 4.78 is 51.1. The fourth-order valence-electron chi connectivity index (χ4n) is 1.08. The van der Waals surface area contributed by atoms with Crippen LogP contribution in [-0.2, 0) is 0 Å². The number of halogens is 4. The molecule has 78 valence electrons. The molecule has 0 aliphatic rings. The summed E-state index contributed by atoms with van der Waals surface area (Å²) in [5.74, 6) is -4.46. The molecule has 0 spiro atoms. The van der Waals surface area contributed by atoms with E-state index >= 15 is 0 Å². The fraction of sp³-hybridized carbons (Fsp3) is 0.333. The van der Waals surface area contributed by atoms with Crippen LogP contribution in [0.2, 0.25) is 0 Å². The molecule has 0 aliphatic carbocycles. The van der Waals surface area contributed by atoms with Gasteiger partial charge in [-0.15, -0.1) is 0 Å². The van der Waals surface area contributed by atoms with Crippen molar-refractivity contribution in [2.75, 3.05) is 6.54 Å². The first-order chi connectivity index (χ1) is 6.57. The van der Waals surface area contributed by atoms with E-state index in [0.29, 0.717) is 6.07 Å². The van der Waals surface area contributed by atoms with Crippen LogP contribution < -0.4 is 5.73 Å². The van der Waals surface area contributed by atoms with E-state index in [0.717, 1.165) is 6.07 Å². The van der Waals surface area contributed by atoms with E-state index in [1.54, 1.807) is 0 Å². The summed E-state index contributed by atoms with van der Waals surface area (Å²) in [5, 5.41) is 0. The lowest BCUT2D eigenvalue weighted by atomic mass is 10.1. The largest absolute Gasteiger partial charge is 0.330 e. The lowest BCUT2D eigenvalue weighted by Gasteiger charge is -2.08. The van der Waals surface area contributed by atoms with Gasteiger partial charge in [-0.05, 0) is 19.0 Å². The maximum absolute atomic E-state index is 13.1. The quantitative estimate of drug-likeness (QED) is 0.598. The van der Waals surface area contributed by atoms with Crippen LogP contribution in [0.1, 0.15) is 18.2 Å². The van der Waals surface area contributed by atoms with Crippen molar-refractivity contribution in [2.24, 2.45) is 5.73 Å². The molecular weight excluding hydrogens is 198 g/mol. The first kappa shape index (κ1) is 11.0. The summed E-state index contributed by atoms with van der Waals surface area (Å²) >= 11 is 0. The van der Waals surface area contributed by atoms with E-state index in [2.05, 4.69) is 0 Å². The van der Waals surface area contributed by atoms with Crippen molar-refractivity contribution in [3.05, 3.63) is 35.1 Å². The third-order valence-electron chi connectivity index (χ3n) is 1.82. The lowest BCUT2D eigenvalue weighted by molar-refractivity contribution is 0.310. The van der Waals surface area contributed by atoms with E-state index < -0.39 is 29.2 Å². The Bertz CT molecular complexity index is 327. The van der Waals surface area contributed by atoms with Gasteiger partial charge in [0, 0.05) is 5.56 Å². The van der Waals surface area contributed by atoms with Crippen molar-refractivity contribution in [3.63, 3.8) is 0 Å². The molecule has 0 fully saturated rings. The molecule has 0 amide bonds. The van der Waals surface area contributed by atoms with Crippen molar-refractivity contribution >= 4 is 0 Å². The van der Waals surface area contributed by atoms with Crippen molar-refractivity contribution < 1.29 is 17.6 Å². The average Bonchev–Trinajstić information content (AvgIpc) is 2.15. The Kier molecular flexibility index (Phi) is 3.46. The zero-order valence-corrected chi connectivity index (χ0v) is 7.24. The minimum absolute atomic E-state index is 0.0135. The highest BCUT2D eigenvalue weighted by Gasteiger charge is 2.19. The molecule has 5 heteroatoms. The smallest absolute Gasteiger partial charge is 0.194 e. The van der Waals surface area contributed by atoms with Crippen LogP contribution in [0, 0.1) is 17.5 Å². The van der Waals surface area contributed by atoms with Crippen LogP contribution >= 0.6 is 0 Å². The molecule has 0 aromatic heterocycles. The Morgan fingerprint density at radius 3 is 2.36 bits per heavy atom. The van der Waals surface area contributed by atoms with E-state index in [1.165, 1.54) is 0 Å². The molecule has 0 saturated heterocycles. The second-order valence-electron chi connectivity index (χ2n) is 2.81. The van der Waals surface area contributed by atoms with Gasteiger partial charge in [0.1, 0.15) is 6.17 Å². The second kappa shape index (κ2) is 4.41. The van der Waals surface area contributed by atoms with Crippen LogP contribution in [0.3, 0.4) is 0 Å². The van der Waals surface area contributed by atoms with Gasteiger partial charge in [-0.25, -0.2) is 17.6 Å². The molecule has 1 nitrogen and oxygen atoms in total. The number of benzene rings is 1. The first-order valence-electron chi connectivity index (χ1n) is 4.05. The molecule has 0 bridgehead atoms. The molecule has 0 heterocycles. The second-order valence-corrected chi connectivity index (χ2v) is 2.81. The lowest BCUT2D eigenvalue weighted by Crippen LogP contribution is -2.06. The Hall–Kier alpha value is -1.10. The summed E-state index contributed by atoms with van der Waals surface area (Å²) in [5.41, 5.74) is 4.56. The zero-order chi connectivity index (χ0) is 10.7. The Morgan fingerprint density at radius 1 is 1.14 bits per heavy atom. The SMILES string of the molecule is NCCC(F)c1ccc(F)c(F)c1F. The van der Waals surface area contributed by atoms with Gasteiger partial charge in [-0.3, -0.25) is 0 Å². The molecule has 1 aromatic rings. The van der Waals surface area contributed by atoms with Crippen LogP contribution in [0.4, 0.5) is 17.6 Å². The molecule has 0 radical (unpaired) electrons. The number of rotatable bonds is 3. The standard InChI is InChI=1S/C9H9F4N/c10-6(3-4-14)5-1-2-7(11)9(13)8(5)12/h1-2,6H,3-4,14H2. The summed E-state index contributed by atoms with van der Waals surface area (Å²) in [7, 11) is 0. The third kappa shape index (κ3) is 2.04. The zero-order valence-electron chi connectivity index (χ0n) is 7.24. The molecule has 1 atom stereocenters. The van der Waals surface area contributed by atoms with Gasteiger partial charge >= 0.3 is 0 Å². The minimum atomic E-state index is -1.70. The van der Waals surface area contributed by atoms with Gasteiger partial charge in [-0.1, -0.05) is 6.07 Å². The van der Waals surface area contributed by atoms with E-state index in [1.807, 2.05) is 0 Å². The summed E-state index contributed by atoms with van der Waals surface area (Å²) in [6.45, 7) is 0.0135. The summed E-state index contributed by atoms with van der Waals surface area (Å²) in [4.78, 5) is 0. The highest BCUT2D eigenvalue weighted by molar-refractivity contribution is 5.22. The average molecular weight is 207 g/mol. The maximum Gasteiger partial charge on any atom is 0.194 e. The Morgan fingerprint density at radius 2 is 1.79 bits per heavy atom. The molecular formula is C9H9F4N. The summed E-state index contributed by atoms with van der Waals surface area (Å²) in [6.07, 6.45) is -1.82. The van der Waals surface area contributed by atoms with Crippen molar-refractivity contribution in [1.29, 1.82) is 0 Å². The first-order valence-corrected chi connectivity index (χ1v) is 4.05. The number of alkyl halides is 1. The topological polar surface area (TPSA) is 26.0 Å². The maximum atomic E-state index is 13.1. The Balaban J connectivity index is 3.04. The normalized spacial score (nSPS) is 12.9. The van der Waals surface area contributed by atoms with Gasteiger partial charge in [0.15, 0.2) is 17.5 Å². The van der Waals surface area contributed by atoms with E-state index in [9.17, 15) is 17.6 Å². The van der Waals surface area contributed by atoms with Crippen molar-refractivity contribution in [1.82, 2.24) is 0 Å². The number of hydrogen-bond acceptors (Lipinski definition) is 1. The molecule has 0 aliphatic heterocycles. The highest BCUT2D eigenvalue weighted by Crippen LogP contribution is 2.25. The fourth-order valence-corrected chi connectivity index (χ4v) is 1.08. The third-order valence-corrected chi connectivity index (χ3v) is 1.82. The van der Waals surface area contributed by atoms with Gasteiger partial charge in [0.2, 0.25) is 0 Å². The Labute approximate surface area is 78.5 Å². The molecule has 1 unspecified atom stereocenters. The van der Waals surface area contributed by atoms with Gasteiger partial charge < -0.3 is 5.73 Å². The predicted octanol–water partition coefficient (Wildman–Crippen LogP) is 2.46. The van der Waals surface area contributed by atoms with Crippen LogP contribution in [0.15, 0.2) is 12.1 Å². The van der Waals surface area contributed by atoms with Crippen LogP contribution in [0.5, 0.6) is 0 Å². The highest BCUT2D eigenvalue weighted by atomic mass is 19.2. The molecule has 14 heavy (non-hydrogen) atoms. The van der Waals surface area contributed by atoms with E-state index in [-0.39, 0.29) is 13.0 Å².